The maximum atomic E-state index is 11.9. The lowest BCUT2D eigenvalue weighted by atomic mass is 10.1. The van der Waals surface area contributed by atoms with Crippen LogP contribution in [0, 0.1) is 5.92 Å². The Labute approximate surface area is 166 Å². The Morgan fingerprint density at radius 1 is 1.33 bits per heavy atom. The fraction of sp³-hybridized carbons (Fsp3) is 0.684. The molecule has 0 radical (unpaired) electrons. The molecule has 7 nitrogen and oxygen atoms in total. The zero-order valence-electron chi connectivity index (χ0n) is 16.7. The van der Waals surface area contributed by atoms with E-state index in [2.05, 4.69) is 49.9 Å². The molecule has 152 valence electrons. The van der Waals surface area contributed by atoms with E-state index in [0.717, 1.165) is 45.1 Å². The molecule has 2 heterocycles. The van der Waals surface area contributed by atoms with Gasteiger partial charge in [0.05, 0.1) is 13.2 Å². The Morgan fingerprint density at radius 2 is 2.11 bits per heavy atom. The van der Waals surface area contributed by atoms with Crippen LogP contribution in [0.15, 0.2) is 22.5 Å². The quantitative estimate of drug-likeness (QED) is 0.369. The van der Waals surface area contributed by atoms with Gasteiger partial charge in [0, 0.05) is 58.3 Å². The van der Waals surface area contributed by atoms with Crippen LogP contribution in [0.25, 0.3) is 0 Å². The van der Waals surface area contributed by atoms with Gasteiger partial charge in [-0.15, -0.1) is 11.3 Å². The zero-order chi connectivity index (χ0) is 19.5. The van der Waals surface area contributed by atoms with Gasteiger partial charge in [0.15, 0.2) is 5.96 Å². The minimum Gasteiger partial charge on any atom is -0.383 e. The highest BCUT2D eigenvalue weighted by molar-refractivity contribution is 7.09. The summed E-state index contributed by atoms with van der Waals surface area (Å²) < 4.78 is 4.95. The van der Waals surface area contributed by atoms with E-state index in [1.807, 2.05) is 18.4 Å². The first-order chi connectivity index (χ1) is 13.1. The van der Waals surface area contributed by atoms with Gasteiger partial charge in [0.2, 0.25) is 5.91 Å². The molecule has 0 bridgehead atoms. The standard InChI is InChI=1S/C19H33N5O2S/c1-16(13-17-5-4-12-27-17)14-22-19(20-2)24-9-7-23(8-10-24)15-18(25)21-6-11-26-3/h4-5,12,16H,6-11,13-15H2,1-3H3,(H,20,22)(H,21,25). The maximum absolute atomic E-state index is 11.9. The lowest BCUT2D eigenvalue weighted by Gasteiger charge is -2.36. The third-order valence-electron chi connectivity index (χ3n) is 4.62. The average molecular weight is 396 g/mol. The number of rotatable bonds is 9. The summed E-state index contributed by atoms with van der Waals surface area (Å²) in [6, 6.07) is 4.30. The Morgan fingerprint density at radius 3 is 2.74 bits per heavy atom. The van der Waals surface area contributed by atoms with E-state index in [0.29, 0.717) is 25.6 Å². The Hall–Kier alpha value is -1.64. The Kier molecular flexibility index (Phi) is 9.58. The van der Waals surface area contributed by atoms with Gasteiger partial charge in [-0.2, -0.15) is 0 Å². The molecule has 0 aliphatic carbocycles. The van der Waals surface area contributed by atoms with Crippen LogP contribution in [0.2, 0.25) is 0 Å². The van der Waals surface area contributed by atoms with E-state index in [4.69, 9.17) is 4.74 Å². The van der Waals surface area contributed by atoms with Gasteiger partial charge in [0.25, 0.3) is 0 Å². The molecule has 1 atom stereocenters. The molecule has 1 unspecified atom stereocenters. The van der Waals surface area contributed by atoms with Crippen molar-refractivity contribution in [2.45, 2.75) is 13.3 Å². The van der Waals surface area contributed by atoms with Gasteiger partial charge >= 0.3 is 0 Å². The van der Waals surface area contributed by atoms with E-state index in [-0.39, 0.29) is 5.91 Å². The van der Waals surface area contributed by atoms with Gasteiger partial charge in [-0.05, 0) is 23.8 Å². The number of carbonyl (C=O) groups is 1. The van der Waals surface area contributed by atoms with Crippen molar-refractivity contribution in [2.24, 2.45) is 10.9 Å². The van der Waals surface area contributed by atoms with Crippen molar-refractivity contribution in [3.05, 3.63) is 22.4 Å². The van der Waals surface area contributed by atoms with Crippen molar-refractivity contribution >= 4 is 23.2 Å². The number of ether oxygens (including phenoxy) is 1. The second-order valence-corrected chi connectivity index (χ2v) is 7.95. The summed E-state index contributed by atoms with van der Waals surface area (Å²) in [6.45, 7) is 8.22. The summed E-state index contributed by atoms with van der Waals surface area (Å²) in [6.07, 6.45) is 1.09. The van der Waals surface area contributed by atoms with Crippen LogP contribution in [0.5, 0.6) is 0 Å². The molecular formula is C19H33N5O2S. The highest BCUT2D eigenvalue weighted by Crippen LogP contribution is 2.14. The van der Waals surface area contributed by atoms with Gasteiger partial charge in [-0.1, -0.05) is 13.0 Å². The predicted octanol–water partition coefficient (Wildman–Crippen LogP) is 0.882. The topological polar surface area (TPSA) is 69.2 Å². The summed E-state index contributed by atoms with van der Waals surface area (Å²) in [4.78, 5) is 22.2. The average Bonchev–Trinajstić information content (AvgIpc) is 3.16. The molecule has 2 rings (SSSR count). The first kappa shape index (κ1) is 21.7. The van der Waals surface area contributed by atoms with Crippen LogP contribution in [0.3, 0.4) is 0 Å². The molecule has 0 spiro atoms. The molecule has 1 aliphatic rings. The summed E-state index contributed by atoms with van der Waals surface area (Å²) in [5.74, 6) is 1.57. The van der Waals surface area contributed by atoms with Crippen LogP contribution in [-0.2, 0) is 16.0 Å². The number of nitrogens with one attached hydrogen (secondary N) is 2. The van der Waals surface area contributed by atoms with Gasteiger partial charge < -0.3 is 20.3 Å². The van der Waals surface area contributed by atoms with Gasteiger partial charge in [-0.3, -0.25) is 14.7 Å². The number of piperazine rings is 1. The molecule has 0 saturated carbocycles. The molecule has 1 aliphatic heterocycles. The zero-order valence-corrected chi connectivity index (χ0v) is 17.6. The highest BCUT2D eigenvalue weighted by Gasteiger charge is 2.21. The number of thiophene rings is 1. The minimum absolute atomic E-state index is 0.0606. The molecule has 1 aromatic rings. The first-order valence-electron chi connectivity index (χ1n) is 9.58. The van der Waals surface area contributed by atoms with Crippen molar-refractivity contribution in [3.8, 4) is 0 Å². The fourth-order valence-corrected chi connectivity index (χ4v) is 3.98. The molecule has 1 aromatic heterocycles. The molecule has 27 heavy (non-hydrogen) atoms. The summed E-state index contributed by atoms with van der Waals surface area (Å²) >= 11 is 1.82. The minimum atomic E-state index is 0.0606. The molecule has 1 fully saturated rings. The lowest BCUT2D eigenvalue weighted by molar-refractivity contribution is -0.122. The van der Waals surface area contributed by atoms with E-state index in [1.54, 1.807) is 7.11 Å². The molecule has 2 N–H and O–H groups in total. The van der Waals surface area contributed by atoms with Crippen LogP contribution < -0.4 is 10.6 Å². The molecular weight excluding hydrogens is 362 g/mol. The van der Waals surface area contributed by atoms with E-state index in [9.17, 15) is 4.79 Å². The SMILES string of the molecule is CN=C(NCC(C)Cc1cccs1)N1CCN(CC(=O)NCCOC)CC1. The Balaban J connectivity index is 1.67. The number of carbonyl (C=O) groups excluding carboxylic acids is 1. The van der Waals surface area contributed by atoms with Gasteiger partial charge in [-0.25, -0.2) is 0 Å². The molecule has 1 amide bonds. The van der Waals surface area contributed by atoms with Crippen molar-refractivity contribution in [1.82, 2.24) is 20.4 Å². The summed E-state index contributed by atoms with van der Waals surface area (Å²) in [7, 11) is 3.47. The number of methoxy groups -OCH3 is 1. The van der Waals surface area contributed by atoms with Crippen LogP contribution in [0.4, 0.5) is 0 Å². The number of amides is 1. The van der Waals surface area contributed by atoms with Crippen molar-refractivity contribution in [3.63, 3.8) is 0 Å². The first-order valence-corrected chi connectivity index (χ1v) is 10.5. The van der Waals surface area contributed by atoms with Crippen molar-refractivity contribution in [1.29, 1.82) is 0 Å². The highest BCUT2D eigenvalue weighted by atomic mass is 32.1. The Bertz CT molecular complexity index is 571. The van der Waals surface area contributed by atoms with E-state index >= 15 is 0 Å². The third-order valence-corrected chi connectivity index (χ3v) is 5.52. The number of nitrogens with zero attached hydrogens (tertiary/aromatic N) is 3. The maximum Gasteiger partial charge on any atom is 0.234 e. The third kappa shape index (κ3) is 7.86. The number of hydrogen-bond acceptors (Lipinski definition) is 5. The molecule has 0 aromatic carbocycles. The number of hydrogen-bond donors (Lipinski definition) is 2. The fourth-order valence-electron chi connectivity index (χ4n) is 3.11. The van der Waals surface area contributed by atoms with Crippen molar-refractivity contribution in [2.75, 3.05) is 66.6 Å². The number of guanidine groups is 1. The van der Waals surface area contributed by atoms with Crippen molar-refractivity contribution < 1.29 is 9.53 Å². The second kappa shape index (κ2) is 11.9. The summed E-state index contributed by atoms with van der Waals surface area (Å²) in [5.41, 5.74) is 0. The van der Waals surface area contributed by atoms with E-state index in [1.165, 1.54) is 4.88 Å². The molecule has 8 heteroatoms. The smallest absolute Gasteiger partial charge is 0.234 e. The summed E-state index contributed by atoms with van der Waals surface area (Å²) in [5, 5.41) is 8.51. The number of aliphatic imine (C=N–C) groups is 1. The normalized spacial score (nSPS) is 17.0. The lowest BCUT2D eigenvalue weighted by Crippen LogP contribution is -2.54. The largest absolute Gasteiger partial charge is 0.383 e. The second-order valence-electron chi connectivity index (χ2n) is 6.92. The van der Waals surface area contributed by atoms with E-state index < -0.39 is 0 Å². The van der Waals surface area contributed by atoms with Gasteiger partial charge in [0.1, 0.15) is 0 Å². The molecule has 1 saturated heterocycles. The monoisotopic (exact) mass is 395 g/mol. The van der Waals surface area contributed by atoms with Crippen LogP contribution in [-0.4, -0.2) is 88.2 Å². The van der Waals surface area contributed by atoms with Crippen LogP contribution in [0.1, 0.15) is 11.8 Å². The van der Waals surface area contributed by atoms with Crippen LogP contribution >= 0.6 is 11.3 Å². The predicted molar refractivity (Wildman–Crippen MR) is 111 cm³/mol.